The van der Waals surface area contributed by atoms with Crippen LogP contribution in [0.5, 0.6) is 11.5 Å². The zero-order valence-electron chi connectivity index (χ0n) is 14.1. The number of benzene rings is 2. The molecule has 1 aliphatic heterocycles. The summed E-state index contributed by atoms with van der Waals surface area (Å²) in [5, 5.41) is 12.9. The summed E-state index contributed by atoms with van der Waals surface area (Å²) in [6.07, 6.45) is 0. The van der Waals surface area contributed by atoms with Gasteiger partial charge in [0, 0.05) is 11.3 Å². The number of para-hydroxylation sites is 1. The number of hydrogen-bond donors (Lipinski definition) is 0. The summed E-state index contributed by atoms with van der Waals surface area (Å²) in [5.74, 6) is 2.34. The Hall–Kier alpha value is -2.54. The van der Waals surface area contributed by atoms with Gasteiger partial charge in [0.05, 0.1) is 5.69 Å². The molecule has 0 amide bonds. The molecule has 2 heterocycles. The fraction of sp³-hybridized carbons (Fsp3) is 0.278. The lowest BCUT2D eigenvalue weighted by molar-refractivity contribution is 0.170. The van der Waals surface area contributed by atoms with E-state index < -0.39 is 0 Å². The predicted octanol–water partition coefficient (Wildman–Crippen LogP) is 3.34. The molecule has 0 fully saturated rings. The normalized spacial score (nSPS) is 13.0. The second kappa shape index (κ2) is 6.76. The third-order valence-electron chi connectivity index (χ3n) is 4.18. The summed E-state index contributed by atoms with van der Waals surface area (Å²) < 4.78 is 13.2. The number of tetrazole rings is 1. The summed E-state index contributed by atoms with van der Waals surface area (Å²) >= 11 is 1.58. The highest BCUT2D eigenvalue weighted by Gasteiger charge is 2.17. The molecule has 7 heteroatoms. The highest BCUT2D eigenvalue weighted by atomic mass is 32.2. The zero-order chi connectivity index (χ0) is 17.2. The molecule has 0 N–H and O–H groups in total. The molecular weight excluding hydrogens is 336 g/mol. The fourth-order valence-corrected chi connectivity index (χ4v) is 3.55. The molecule has 0 spiro atoms. The minimum atomic E-state index is 0.578. The number of aromatic nitrogens is 4. The summed E-state index contributed by atoms with van der Waals surface area (Å²) in [6.45, 7) is 5.35. The van der Waals surface area contributed by atoms with Crippen molar-refractivity contribution >= 4 is 11.8 Å². The Labute approximate surface area is 150 Å². The number of ether oxygens (including phenoxy) is 2. The van der Waals surface area contributed by atoms with Gasteiger partial charge in [-0.25, -0.2) is 0 Å². The van der Waals surface area contributed by atoms with Gasteiger partial charge in [-0.15, -0.1) is 5.10 Å². The van der Waals surface area contributed by atoms with Crippen LogP contribution in [0.25, 0.3) is 5.69 Å². The number of thioether (sulfide) groups is 1. The highest BCUT2D eigenvalue weighted by Crippen LogP contribution is 2.36. The fourth-order valence-electron chi connectivity index (χ4n) is 2.68. The van der Waals surface area contributed by atoms with Gasteiger partial charge in [-0.1, -0.05) is 30.0 Å². The smallest absolute Gasteiger partial charge is 0.214 e. The molecule has 25 heavy (non-hydrogen) atoms. The first-order chi connectivity index (χ1) is 12.2. The molecule has 1 aliphatic rings. The van der Waals surface area contributed by atoms with Crippen LogP contribution in [0, 0.1) is 13.8 Å². The Morgan fingerprint density at radius 3 is 2.84 bits per heavy atom. The third-order valence-corrected chi connectivity index (χ3v) is 5.15. The molecule has 2 aromatic carbocycles. The van der Waals surface area contributed by atoms with Gasteiger partial charge >= 0.3 is 0 Å². The van der Waals surface area contributed by atoms with E-state index in [1.807, 2.05) is 24.3 Å². The predicted molar refractivity (Wildman–Crippen MR) is 95.6 cm³/mol. The van der Waals surface area contributed by atoms with Gasteiger partial charge in [-0.2, -0.15) is 4.68 Å². The first-order valence-corrected chi connectivity index (χ1v) is 9.07. The maximum absolute atomic E-state index is 5.77. The van der Waals surface area contributed by atoms with Crippen molar-refractivity contribution in [2.24, 2.45) is 0 Å². The standard InChI is InChI=1S/C18H18N4O2S/c1-12-6-7-15(10-13(12)2)22-18(19-20-21-22)25-11-14-4-3-5-16-17(14)24-9-8-23-16/h3-7,10H,8-9,11H2,1-2H3. The molecule has 0 bridgehead atoms. The van der Waals surface area contributed by atoms with E-state index in [9.17, 15) is 0 Å². The van der Waals surface area contributed by atoms with Crippen LogP contribution in [-0.4, -0.2) is 33.4 Å². The van der Waals surface area contributed by atoms with Crippen molar-refractivity contribution in [2.75, 3.05) is 13.2 Å². The highest BCUT2D eigenvalue weighted by molar-refractivity contribution is 7.98. The quantitative estimate of drug-likeness (QED) is 0.670. The first kappa shape index (κ1) is 16.0. The van der Waals surface area contributed by atoms with Crippen LogP contribution in [0.15, 0.2) is 41.6 Å². The van der Waals surface area contributed by atoms with E-state index in [4.69, 9.17) is 9.47 Å². The van der Waals surface area contributed by atoms with Gasteiger partial charge in [0.25, 0.3) is 0 Å². The Morgan fingerprint density at radius 1 is 1.08 bits per heavy atom. The van der Waals surface area contributed by atoms with Gasteiger partial charge in [0.15, 0.2) is 11.5 Å². The largest absolute Gasteiger partial charge is 0.486 e. The number of nitrogens with zero attached hydrogens (tertiary/aromatic N) is 4. The van der Waals surface area contributed by atoms with E-state index >= 15 is 0 Å². The SMILES string of the molecule is Cc1ccc(-n2nnnc2SCc2cccc3c2OCCO3)cc1C. The maximum Gasteiger partial charge on any atom is 0.214 e. The van der Waals surface area contributed by atoms with Crippen LogP contribution in [0.1, 0.15) is 16.7 Å². The second-order valence-corrected chi connectivity index (χ2v) is 6.81. The number of rotatable bonds is 4. The van der Waals surface area contributed by atoms with Crippen molar-refractivity contribution < 1.29 is 9.47 Å². The topological polar surface area (TPSA) is 62.1 Å². The Balaban J connectivity index is 1.57. The van der Waals surface area contributed by atoms with E-state index in [-0.39, 0.29) is 0 Å². The van der Waals surface area contributed by atoms with Crippen molar-refractivity contribution in [3.63, 3.8) is 0 Å². The van der Waals surface area contributed by atoms with Gasteiger partial charge in [-0.3, -0.25) is 0 Å². The molecule has 0 unspecified atom stereocenters. The van der Waals surface area contributed by atoms with Gasteiger partial charge < -0.3 is 9.47 Å². The van der Waals surface area contributed by atoms with E-state index in [1.165, 1.54) is 11.1 Å². The third kappa shape index (κ3) is 3.19. The van der Waals surface area contributed by atoms with Crippen LogP contribution >= 0.6 is 11.8 Å². The summed E-state index contributed by atoms with van der Waals surface area (Å²) in [4.78, 5) is 0. The second-order valence-electron chi connectivity index (χ2n) is 5.87. The molecule has 0 saturated heterocycles. The lowest BCUT2D eigenvalue weighted by atomic mass is 10.1. The number of fused-ring (bicyclic) bond motifs is 1. The van der Waals surface area contributed by atoms with Crippen LogP contribution < -0.4 is 9.47 Å². The van der Waals surface area contributed by atoms with Crippen molar-refractivity contribution in [1.29, 1.82) is 0 Å². The summed E-state index contributed by atoms with van der Waals surface area (Å²) in [6, 6.07) is 12.2. The van der Waals surface area contributed by atoms with Crippen molar-refractivity contribution in [1.82, 2.24) is 20.2 Å². The van der Waals surface area contributed by atoms with Crippen molar-refractivity contribution in [3.05, 3.63) is 53.1 Å². The Bertz CT molecular complexity index is 910. The summed E-state index contributed by atoms with van der Waals surface area (Å²) in [7, 11) is 0. The monoisotopic (exact) mass is 354 g/mol. The van der Waals surface area contributed by atoms with E-state index in [1.54, 1.807) is 16.4 Å². The lowest BCUT2D eigenvalue weighted by Gasteiger charge is -2.20. The van der Waals surface area contributed by atoms with Crippen molar-refractivity contribution in [3.8, 4) is 17.2 Å². The minimum Gasteiger partial charge on any atom is -0.486 e. The van der Waals surface area contributed by atoms with E-state index in [0.29, 0.717) is 19.0 Å². The van der Waals surface area contributed by atoms with Gasteiger partial charge in [0.1, 0.15) is 13.2 Å². The first-order valence-electron chi connectivity index (χ1n) is 8.08. The molecule has 128 valence electrons. The molecular formula is C18H18N4O2S. The van der Waals surface area contributed by atoms with Gasteiger partial charge in [0.2, 0.25) is 5.16 Å². The molecule has 0 aliphatic carbocycles. The van der Waals surface area contributed by atoms with Gasteiger partial charge in [-0.05, 0) is 53.6 Å². The number of hydrogen-bond acceptors (Lipinski definition) is 6. The van der Waals surface area contributed by atoms with E-state index in [0.717, 1.165) is 27.9 Å². The minimum absolute atomic E-state index is 0.578. The molecule has 0 atom stereocenters. The van der Waals surface area contributed by atoms with Crippen LogP contribution in [0.3, 0.4) is 0 Å². The molecule has 3 aromatic rings. The zero-order valence-corrected chi connectivity index (χ0v) is 14.9. The Morgan fingerprint density at radius 2 is 1.96 bits per heavy atom. The van der Waals surface area contributed by atoms with Crippen LogP contribution in [-0.2, 0) is 5.75 Å². The maximum atomic E-state index is 5.77. The average molecular weight is 354 g/mol. The average Bonchev–Trinajstić information content (AvgIpc) is 3.11. The lowest BCUT2D eigenvalue weighted by Crippen LogP contribution is -2.16. The van der Waals surface area contributed by atoms with Crippen molar-refractivity contribution in [2.45, 2.75) is 24.8 Å². The number of aryl methyl sites for hydroxylation is 2. The van der Waals surface area contributed by atoms with Crippen LogP contribution in [0.4, 0.5) is 0 Å². The molecule has 1 aromatic heterocycles. The Kier molecular flexibility index (Phi) is 4.31. The molecule has 4 rings (SSSR count). The molecule has 0 radical (unpaired) electrons. The molecule has 0 saturated carbocycles. The summed E-state index contributed by atoms with van der Waals surface area (Å²) in [5.41, 5.74) is 4.51. The van der Waals surface area contributed by atoms with Crippen LogP contribution in [0.2, 0.25) is 0 Å². The van der Waals surface area contributed by atoms with E-state index in [2.05, 4.69) is 41.5 Å². The molecule has 6 nitrogen and oxygen atoms in total.